The molecule has 0 saturated heterocycles. The minimum absolute atomic E-state index is 0.105. The smallest absolute Gasteiger partial charge is 0.271 e. The molecule has 0 atom stereocenters. The molecular formula is C14H22N5O2+. The molecule has 0 bridgehead atoms. The Balaban J connectivity index is 2.44. The Bertz CT molecular complexity index is 650. The number of aryl methyl sites for hydroxylation is 2. The van der Waals surface area contributed by atoms with Crippen LogP contribution in [0.25, 0.3) is 11.0 Å². The van der Waals surface area contributed by atoms with Crippen molar-refractivity contribution < 1.29 is 14.1 Å². The molecule has 7 heteroatoms. The number of aromatic nitrogens is 2. The second-order valence-electron chi connectivity index (χ2n) is 4.62. The lowest BCUT2D eigenvalue weighted by Gasteiger charge is -2.04. The van der Waals surface area contributed by atoms with Crippen LogP contribution in [0.15, 0.2) is 18.2 Å². The number of carbonyl (C=O) groups is 1. The van der Waals surface area contributed by atoms with E-state index >= 15 is 0 Å². The molecule has 0 saturated carbocycles. The Labute approximate surface area is 123 Å². The van der Waals surface area contributed by atoms with Gasteiger partial charge in [-0.2, -0.15) is 0 Å². The van der Waals surface area contributed by atoms with Gasteiger partial charge in [-0.3, -0.25) is 10.2 Å². The van der Waals surface area contributed by atoms with Gasteiger partial charge in [0, 0.05) is 6.07 Å². The third kappa shape index (κ3) is 2.84. The van der Waals surface area contributed by atoms with E-state index < -0.39 is 0 Å². The van der Waals surface area contributed by atoms with E-state index in [4.69, 9.17) is 16.3 Å². The number of fused-ring (bicyclic) bond motifs is 1. The van der Waals surface area contributed by atoms with Crippen molar-refractivity contribution in [2.24, 2.45) is 11.6 Å². The maximum absolute atomic E-state index is 11.1. The van der Waals surface area contributed by atoms with Crippen molar-refractivity contribution in [3.8, 4) is 5.75 Å². The van der Waals surface area contributed by atoms with Gasteiger partial charge in [-0.1, -0.05) is 0 Å². The molecule has 0 unspecified atom stereocenters. The molecule has 21 heavy (non-hydrogen) atoms. The van der Waals surface area contributed by atoms with Gasteiger partial charge in [0.1, 0.15) is 5.75 Å². The molecule has 1 amide bonds. The van der Waals surface area contributed by atoms with Crippen LogP contribution in [0.4, 0.5) is 0 Å². The molecule has 7 nitrogen and oxygen atoms in total. The van der Waals surface area contributed by atoms with Gasteiger partial charge >= 0.3 is 0 Å². The minimum Gasteiger partial charge on any atom is -0.484 e. The molecule has 0 fully saturated rings. The minimum atomic E-state index is -0.368. The largest absolute Gasteiger partial charge is 0.484 e. The third-order valence-corrected chi connectivity index (χ3v) is 3.50. The highest BCUT2D eigenvalue weighted by Gasteiger charge is 2.22. The van der Waals surface area contributed by atoms with Crippen LogP contribution in [0.5, 0.6) is 5.75 Å². The van der Waals surface area contributed by atoms with E-state index in [1.807, 2.05) is 23.6 Å². The number of amides is 1. The number of ether oxygens (including phenoxy) is 1. The maximum Gasteiger partial charge on any atom is 0.271 e. The fourth-order valence-corrected chi connectivity index (χ4v) is 2.58. The number of rotatable bonds is 6. The number of nitrogens with two attached hydrogens (primary N) is 2. The molecule has 0 aliphatic carbocycles. The van der Waals surface area contributed by atoms with Crippen LogP contribution in [0.1, 0.15) is 19.7 Å². The molecule has 1 heterocycles. The Morgan fingerprint density at radius 1 is 1.43 bits per heavy atom. The summed E-state index contributed by atoms with van der Waals surface area (Å²) in [6.07, 6.45) is 0. The highest BCUT2D eigenvalue weighted by Crippen LogP contribution is 2.21. The molecule has 1 aromatic carbocycles. The summed E-state index contributed by atoms with van der Waals surface area (Å²) in [5.74, 6) is 6.37. The molecule has 114 valence electrons. The zero-order valence-corrected chi connectivity index (χ0v) is 12.4. The fraction of sp³-hybridized carbons (Fsp3) is 0.429. The molecular weight excluding hydrogens is 270 g/mol. The highest BCUT2D eigenvalue weighted by molar-refractivity contribution is 5.77. The van der Waals surface area contributed by atoms with Crippen LogP contribution in [-0.4, -0.2) is 17.1 Å². The van der Waals surface area contributed by atoms with Crippen molar-refractivity contribution in [2.45, 2.75) is 33.5 Å². The van der Waals surface area contributed by atoms with Crippen molar-refractivity contribution in [1.29, 1.82) is 0 Å². The van der Waals surface area contributed by atoms with Crippen molar-refractivity contribution >= 4 is 16.9 Å². The summed E-state index contributed by atoms with van der Waals surface area (Å²) >= 11 is 0. The van der Waals surface area contributed by atoms with Gasteiger partial charge in [-0.15, -0.1) is 0 Å². The van der Waals surface area contributed by atoms with Crippen LogP contribution >= 0.6 is 0 Å². The SMILES string of the molecule is CCn1c(CN)[n+](CC)c2ccc(OCC(=O)NN)cc21. The number of carbonyl (C=O) groups excluding carboxylic acids is 1. The second-order valence-corrected chi connectivity index (χ2v) is 4.62. The van der Waals surface area contributed by atoms with E-state index in [0.29, 0.717) is 12.3 Å². The Kier molecular flexibility index (Phi) is 4.77. The predicted octanol–water partition coefficient (Wildman–Crippen LogP) is -0.204. The number of nitrogens with zero attached hydrogens (tertiary/aromatic N) is 2. The average molecular weight is 292 g/mol. The molecule has 2 aromatic rings. The summed E-state index contributed by atoms with van der Waals surface area (Å²) in [4.78, 5) is 11.1. The van der Waals surface area contributed by atoms with Crippen LogP contribution in [0, 0.1) is 0 Å². The van der Waals surface area contributed by atoms with Gasteiger partial charge in [0.25, 0.3) is 11.7 Å². The van der Waals surface area contributed by atoms with Crippen molar-refractivity contribution in [3.63, 3.8) is 0 Å². The summed E-state index contributed by atoms with van der Waals surface area (Å²) in [5, 5.41) is 0. The van der Waals surface area contributed by atoms with Gasteiger partial charge < -0.3 is 10.5 Å². The molecule has 0 aliphatic heterocycles. The molecule has 1 aromatic heterocycles. The first kappa shape index (κ1) is 15.3. The lowest BCUT2D eigenvalue weighted by atomic mass is 10.3. The zero-order valence-electron chi connectivity index (χ0n) is 12.4. The van der Waals surface area contributed by atoms with Gasteiger partial charge in [-0.25, -0.2) is 15.0 Å². The van der Waals surface area contributed by atoms with Gasteiger partial charge in [0.15, 0.2) is 17.6 Å². The van der Waals surface area contributed by atoms with Gasteiger partial charge in [0.2, 0.25) is 0 Å². The van der Waals surface area contributed by atoms with Crippen LogP contribution in [-0.2, 0) is 24.4 Å². The zero-order chi connectivity index (χ0) is 15.4. The first-order valence-corrected chi connectivity index (χ1v) is 7.03. The predicted molar refractivity (Wildman–Crippen MR) is 79.2 cm³/mol. The highest BCUT2D eigenvalue weighted by atomic mass is 16.5. The Morgan fingerprint density at radius 2 is 2.19 bits per heavy atom. The third-order valence-electron chi connectivity index (χ3n) is 3.50. The monoisotopic (exact) mass is 292 g/mol. The first-order chi connectivity index (χ1) is 10.2. The van der Waals surface area contributed by atoms with Crippen LogP contribution in [0.3, 0.4) is 0 Å². The summed E-state index contributed by atoms with van der Waals surface area (Å²) < 4.78 is 9.79. The van der Waals surface area contributed by atoms with E-state index in [0.717, 1.165) is 29.9 Å². The summed E-state index contributed by atoms with van der Waals surface area (Å²) in [6, 6.07) is 5.76. The number of hydrogen-bond acceptors (Lipinski definition) is 4. The molecule has 2 rings (SSSR count). The van der Waals surface area contributed by atoms with E-state index in [2.05, 4.69) is 23.0 Å². The number of hydrazine groups is 1. The number of hydrogen-bond donors (Lipinski definition) is 3. The van der Waals surface area contributed by atoms with E-state index in [1.54, 1.807) is 0 Å². The molecule has 5 N–H and O–H groups in total. The Morgan fingerprint density at radius 3 is 2.76 bits per heavy atom. The molecule has 0 spiro atoms. The summed E-state index contributed by atoms with van der Waals surface area (Å²) in [6.45, 7) is 6.21. The van der Waals surface area contributed by atoms with E-state index in [1.165, 1.54) is 0 Å². The van der Waals surface area contributed by atoms with Gasteiger partial charge in [0.05, 0.1) is 19.6 Å². The summed E-state index contributed by atoms with van der Waals surface area (Å²) in [5.41, 5.74) is 10.1. The molecule has 0 aliphatic rings. The number of imidazole rings is 1. The van der Waals surface area contributed by atoms with Crippen molar-refractivity contribution in [1.82, 2.24) is 9.99 Å². The number of nitrogens with one attached hydrogen (secondary N) is 1. The lowest BCUT2D eigenvalue weighted by Crippen LogP contribution is -2.38. The van der Waals surface area contributed by atoms with E-state index in [-0.39, 0.29) is 12.5 Å². The Hall–Kier alpha value is -2.12. The van der Waals surface area contributed by atoms with Crippen molar-refractivity contribution in [2.75, 3.05) is 6.61 Å². The standard InChI is InChI=1S/C14H21N5O2/c1-3-18-11-6-5-10(21-9-13(20)17-16)7-12(11)19(4-2)14(18)8-15/h5-7H,3-4,8-9,15-16H2,1-2H3/p+1. The second kappa shape index (κ2) is 6.55. The normalized spacial score (nSPS) is 10.9. The summed E-state index contributed by atoms with van der Waals surface area (Å²) in [7, 11) is 0. The lowest BCUT2D eigenvalue weighted by molar-refractivity contribution is -0.676. The van der Waals surface area contributed by atoms with Crippen LogP contribution in [0.2, 0.25) is 0 Å². The fourth-order valence-electron chi connectivity index (χ4n) is 2.58. The van der Waals surface area contributed by atoms with Gasteiger partial charge in [-0.05, 0) is 26.0 Å². The van der Waals surface area contributed by atoms with Crippen LogP contribution < -0.4 is 26.3 Å². The van der Waals surface area contributed by atoms with E-state index in [9.17, 15) is 4.79 Å². The van der Waals surface area contributed by atoms with Crippen molar-refractivity contribution in [3.05, 3.63) is 24.0 Å². The average Bonchev–Trinajstić information content (AvgIpc) is 2.84. The first-order valence-electron chi connectivity index (χ1n) is 7.03. The number of benzene rings is 1. The quantitative estimate of drug-likeness (QED) is 0.297. The maximum atomic E-state index is 11.1. The topological polar surface area (TPSA) is 99.2 Å². The molecule has 0 radical (unpaired) electrons.